The fourth-order valence-electron chi connectivity index (χ4n) is 2.60. The first-order chi connectivity index (χ1) is 10.4. The van der Waals surface area contributed by atoms with Crippen molar-refractivity contribution in [3.05, 3.63) is 30.1 Å². The minimum atomic E-state index is -3.21. The van der Waals surface area contributed by atoms with Gasteiger partial charge in [0.15, 0.2) is 0 Å². The predicted molar refractivity (Wildman–Crippen MR) is 84.9 cm³/mol. The van der Waals surface area contributed by atoms with E-state index in [0.717, 1.165) is 12.8 Å². The molecule has 2 atom stereocenters. The Morgan fingerprint density at radius 2 is 2.05 bits per heavy atom. The summed E-state index contributed by atoms with van der Waals surface area (Å²) in [6.45, 7) is 5.21. The molecule has 0 saturated carbocycles. The minimum absolute atomic E-state index is 0.178. The van der Waals surface area contributed by atoms with Crippen LogP contribution < -0.4 is 4.74 Å². The van der Waals surface area contributed by atoms with Crippen molar-refractivity contribution in [2.24, 2.45) is 5.92 Å². The largest absolute Gasteiger partial charge is 0.493 e. The van der Waals surface area contributed by atoms with E-state index >= 15 is 0 Å². The molecule has 2 unspecified atom stereocenters. The molecule has 0 spiro atoms. The maximum absolute atomic E-state index is 12.8. The highest BCUT2D eigenvalue weighted by molar-refractivity contribution is 7.89. The second-order valence-corrected chi connectivity index (χ2v) is 8.25. The lowest BCUT2D eigenvalue weighted by molar-refractivity contribution is 0.179. The zero-order valence-electron chi connectivity index (χ0n) is 13.2. The van der Waals surface area contributed by atoms with Crippen molar-refractivity contribution in [3.8, 4) is 5.75 Å². The Bertz CT molecular complexity index is 574. The number of ether oxygens (including phenoxy) is 1. The molecule has 1 aliphatic rings. The number of hydrogen-bond donors (Lipinski definition) is 0. The lowest BCUT2D eigenvalue weighted by Gasteiger charge is -2.33. The average molecular weight is 329 g/mol. The van der Waals surface area contributed by atoms with Gasteiger partial charge < -0.3 is 4.74 Å². The highest BCUT2D eigenvalue weighted by atomic mass is 32.2. The Morgan fingerprint density at radius 1 is 1.36 bits per heavy atom. The van der Waals surface area contributed by atoms with Crippen LogP contribution >= 0.6 is 0 Å². The van der Waals surface area contributed by atoms with Gasteiger partial charge in [-0.1, -0.05) is 6.92 Å². The summed E-state index contributed by atoms with van der Waals surface area (Å²) in [6.07, 6.45) is 2.43. The zero-order chi connectivity index (χ0) is 16.2. The van der Waals surface area contributed by atoms with Crippen LogP contribution in [0.2, 0.25) is 0 Å². The molecule has 6 heteroatoms. The summed E-state index contributed by atoms with van der Waals surface area (Å²) in [5, 5.41) is -0.343. The molecule has 1 aliphatic heterocycles. The number of hydrogen-bond acceptors (Lipinski definition) is 3. The minimum Gasteiger partial charge on any atom is -0.493 e. The summed E-state index contributed by atoms with van der Waals surface area (Å²) in [6, 6.07) is 5.89. The topological polar surface area (TPSA) is 46.6 Å². The van der Waals surface area contributed by atoms with E-state index in [1.807, 2.05) is 6.92 Å². The third kappa shape index (κ3) is 4.20. The summed E-state index contributed by atoms with van der Waals surface area (Å²) in [4.78, 5) is 0. The first-order valence-electron chi connectivity index (χ1n) is 7.80. The number of sulfonamides is 1. The van der Waals surface area contributed by atoms with Gasteiger partial charge in [0.1, 0.15) is 11.6 Å². The maximum Gasteiger partial charge on any atom is 0.216 e. The molecule has 0 aromatic heterocycles. The molecule has 1 heterocycles. The maximum atomic E-state index is 12.8. The van der Waals surface area contributed by atoms with Crippen molar-refractivity contribution in [1.29, 1.82) is 0 Å². The summed E-state index contributed by atoms with van der Waals surface area (Å²) >= 11 is 0. The van der Waals surface area contributed by atoms with Crippen LogP contribution in [0.15, 0.2) is 24.3 Å². The van der Waals surface area contributed by atoms with Crippen molar-refractivity contribution in [2.75, 3.05) is 19.7 Å². The van der Waals surface area contributed by atoms with Crippen LogP contribution in [0.1, 0.15) is 33.1 Å². The molecular formula is C16H24FNO3S. The van der Waals surface area contributed by atoms with Gasteiger partial charge in [-0.3, -0.25) is 0 Å². The Kier molecular flexibility index (Phi) is 5.81. The average Bonchev–Trinajstić information content (AvgIpc) is 2.53. The third-order valence-electron chi connectivity index (χ3n) is 4.22. The first-order valence-corrected chi connectivity index (χ1v) is 9.31. The van der Waals surface area contributed by atoms with Crippen molar-refractivity contribution >= 4 is 10.0 Å². The van der Waals surface area contributed by atoms with Gasteiger partial charge in [0.2, 0.25) is 10.0 Å². The molecule has 124 valence electrons. The van der Waals surface area contributed by atoms with E-state index in [9.17, 15) is 12.8 Å². The SMILES string of the molecule is CCC(C)S(=O)(=O)N1CCCC(COc2ccc(F)cc2)C1. The summed E-state index contributed by atoms with van der Waals surface area (Å²) in [5.74, 6) is 0.497. The first kappa shape index (κ1) is 17.2. The van der Waals surface area contributed by atoms with Crippen LogP contribution in [-0.2, 0) is 10.0 Å². The molecule has 0 bridgehead atoms. The highest BCUT2D eigenvalue weighted by Crippen LogP contribution is 2.23. The van der Waals surface area contributed by atoms with Crippen LogP contribution in [0.5, 0.6) is 5.75 Å². The Labute approximate surface area is 132 Å². The number of rotatable bonds is 6. The van der Waals surface area contributed by atoms with Gasteiger partial charge in [0.05, 0.1) is 11.9 Å². The lowest BCUT2D eigenvalue weighted by atomic mass is 10.0. The third-order valence-corrected chi connectivity index (χ3v) is 6.63. The van der Waals surface area contributed by atoms with Gasteiger partial charge in [0.25, 0.3) is 0 Å². The molecule has 22 heavy (non-hydrogen) atoms. The van der Waals surface area contributed by atoms with Crippen molar-refractivity contribution in [2.45, 2.75) is 38.4 Å². The van der Waals surface area contributed by atoms with Crippen LogP contribution in [-0.4, -0.2) is 37.7 Å². The Balaban J connectivity index is 1.92. The van der Waals surface area contributed by atoms with Gasteiger partial charge in [0, 0.05) is 19.0 Å². The molecular weight excluding hydrogens is 305 g/mol. The number of piperidine rings is 1. The van der Waals surface area contributed by atoms with Crippen LogP contribution in [0.25, 0.3) is 0 Å². The molecule has 1 fully saturated rings. The van der Waals surface area contributed by atoms with Crippen LogP contribution in [0.3, 0.4) is 0 Å². The molecule has 1 saturated heterocycles. The van der Waals surface area contributed by atoms with E-state index in [1.165, 1.54) is 12.1 Å². The Hall–Kier alpha value is -1.14. The van der Waals surface area contributed by atoms with E-state index in [4.69, 9.17) is 4.74 Å². The fourth-order valence-corrected chi connectivity index (χ4v) is 4.34. The summed E-state index contributed by atoms with van der Waals surface area (Å²) in [7, 11) is -3.21. The van der Waals surface area contributed by atoms with E-state index in [2.05, 4.69) is 0 Å². The van der Waals surface area contributed by atoms with Crippen molar-refractivity contribution in [1.82, 2.24) is 4.31 Å². The quantitative estimate of drug-likeness (QED) is 0.806. The van der Waals surface area contributed by atoms with Gasteiger partial charge in [-0.05, 0) is 50.5 Å². The lowest BCUT2D eigenvalue weighted by Crippen LogP contribution is -2.44. The van der Waals surface area contributed by atoms with E-state index in [0.29, 0.717) is 31.9 Å². The monoisotopic (exact) mass is 329 g/mol. The van der Waals surface area contributed by atoms with Gasteiger partial charge in [-0.25, -0.2) is 17.1 Å². The van der Waals surface area contributed by atoms with Gasteiger partial charge in [-0.15, -0.1) is 0 Å². The fraction of sp³-hybridized carbons (Fsp3) is 0.625. The smallest absolute Gasteiger partial charge is 0.216 e. The van der Waals surface area contributed by atoms with E-state index in [-0.39, 0.29) is 17.0 Å². The molecule has 1 aromatic rings. The van der Waals surface area contributed by atoms with Gasteiger partial charge >= 0.3 is 0 Å². The van der Waals surface area contributed by atoms with Gasteiger partial charge in [-0.2, -0.15) is 0 Å². The molecule has 2 rings (SSSR count). The van der Waals surface area contributed by atoms with Crippen LogP contribution in [0.4, 0.5) is 4.39 Å². The second kappa shape index (κ2) is 7.42. The molecule has 4 nitrogen and oxygen atoms in total. The second-order valence-electron chi connectivity index (χ2n) is 5.90. The number of benzene rings is 1. The highest BCUT2D eigenvalue weighted by Gasteiger charge is 2.32. The van der Waals surface area contributed by atoms with E-state index < -0.39 is 10.0 Å². The number of nitrogens with zero attached hydrogens (tertiary/aromatic N) is 1. The number of halogens is 1. The van der Waals surface area contributed by atoms with E-state index in [1.54, 1.807) is 23.4 Å². The van der Waals surface area contributed by atoms with Crippen molar-refractivity contribution in [3.63, 3.8) is 0 Å². The summed E-state index contributed by atoms with van der Waals surface area (Å²) in [5.41, 5.74) is 0. The summed E-state index contributed by atoms with van der Waals surface area (Å²) < 4.78 is 44.9. The molecule has 0 amide bonds. The molecule has 0 radical (unpaired) electrons. The van der Waals surface area contributed by atoms with Crippen LogP contribution in [0, 0.1) is 11.7 Å². The Morgan fingerprint density at radius 3 is 2.68 bits per heavy atom. The molecule has 1 aromatic carbocycles. The normalized spacial score (nSPS) is 21.5. The standard InChI is InChI=1S/C16H24FNO3S/c1-3-13(2)22(19,20)18-10-4-5-14(11-18)12-21-16-8-6-15(17)7-9-16/h6-9,13-14H,3-5,10-12H2,1-2H3. The molecule has 0 N–H and O–H groups in total. The predicted octanol–water partition coefficient (Wildman–Crippen LogP) is 3.04. The van der Waals surface area contributed by atoms with Crippen molar-refractivity contribution < 1.29 is 17.5 Å². The zero-order valence-corrected chi connectivity index (χ0v) is 14.0. The molecule has 0 aliphatic carbocycles.